The van der Waals surface area contributed by atoms with Crippen LogP contribution in [0, 0.1) is 0 Å². The van der Waals surface area contributed by atoms with Crippen molar-refractivity contribution in [2.24, 2.45) is 0 Å². The Kier molecular flexibility index (Phi) is 61.5. The van der Waals surface area contributed by atoms with Crippen LogP contribution in [0.3, 0.4) is 0 Å². The second-order valence-electron chi connectivity index (χ2n) is 8.48. The van der Waals surface area contributed by atoms with Gasteiger partial charge in [0.05, 0.1) is 13.2 Å². The van der Waals surface area contributed by atoms with Gasteiger partial charge in [0.25, 0.3) is 0 Å². The summed E-state index contributed by atoms with van der Waals surface area (Å²) in [5.41, 5.74) is 0.667. The van der Waals surface area contributed by atoms with Crippen molar-refractivity contribution in [2.75, 3.05) is 41.7 Å². The standard InChI is InChI=1S/2C11H16BrNO2.2CNS.4CH4O.2Ni/c2*1-11(2,7-14)13-6-8-5-9(12)3-4-10(8)15;2*2-1-3;4*1-2;;/h2*3-5,13-15H,6-7H2,1-2H3;;;4*2H,1H3;;/q;;2*-1;;;;;2*+3/p-2. The number of halogens is 2. The molecule has 2 aromatic rings. The van der Waals surface area contributed by atoms with Crippen LogP contribution >= 0.6 is 56.3 Å². The first kappa shape index (κ1) is 63.9. The van der Waals surface area contributed by atoms with Crippen LogP contribution in [0.2, 0.25) is 0 Å². The molecule has 18 heteroatoms. The Balaban J connectivity index is -0.0000000729. The Morgan fingerprint density at radius 2 is 0.870 bits per heavy atom. The fourth-order valence-corrected chi connectivity index (χ4v) is 2.97. The van der Waals surface area contributed by atoms with Crippen molar-refractivity contribution < 1.29 is 73.8 Å². The van der Waals surface area contributed by atoms with Crippen molar-refractivity contribution in [3.05, 3.63) is 67.3 Å². The first-order valence-electron chi connectivity index (χ1n) is 12.2. The van der Waals surface area contributed by atoms with Gasteiger partial charge < -0.3 is 62.3 Å². The fourth-order valence-electron chi connectivity index (χ4n) is 2.15. The monoisotopic (exact) mass is 904 g/mol. The van der Waals surface area contributed by atoms with E-state index in [0.717, 1.165) is 37.4 Å². The number of nitrogens with zero attached hydrogens (tertiary/aromatic N) is 2. The molecule has 0 aliphatic heterocycles. The summed E-state index contributed by atoms with van der Waals surface area (Å²) in [6.45, 7) is 8.54. The van der Waals surface area contributed by atoms with Crippen LogP contribution in [0.1, 0.15) is 38.8 Å². The van der Waals surface area contributed by atoms with Gasteiger partial charge in [0, 0.05) is 61.6 Å². The molecule has 8 N–H and O–H groups in total. The fraction of sp³-hybridized carbons (Fsp3) is 0.500. The second kappa shape index (κ2) is 44.3. The maximum atomic E-state index is 11.5. The Morgan fingerprint density at radius 3 is 1.07 bits per heavy atom. The van der Waals surface area contributed by atoms with Crippen LogP contribution in [0.4, 0.5) is 0 Å². The molecule has 46 heavy (non-hydrogen) atoms. The molecule has 2 radical (unpaired) electrons. The van der Waals surface area contributed by atoms with E-state index in [-0.39, 0.29) is 68.8 Å². The van der Waals surface area contributed by atoms with Crippen LogP contribution in [-0.4, -0.2) is 93.7 Å². The molecule has 0 aromatic heterocycles. The van der Waals surface area contributed by atoms with E-state index in [2.05, 4.69) is 66.9 Å². The molecule has 0 spiro atoms. The molecule has 270 valence electrons. The SMILES string of the molecule is CC(C)(CO)NCc1cc(Br)ccc1[O-].CC(C)(CO)NCc1cc(Br)ccc1[O-].CO.CO.CO.CO.[N-]=C=S.[N-]=C=S.[Ni+3].[Ni+3]. The Labute approximate surface area is 321 Å². The van der Waals surface area contributed by atoms with Gasteiger partial charge in [-0.05, 0) is 63.1 Å². The number of thiocarbonyl (C=S) groups is 2. The van der Waals surface area contributed by atoms with Gasteiger partial charge in [-0.2, -0.15) is 10.3 Å². The maximum absolute atomic E-state index is 11.5. The van der Waals surface area contributed by atoms with Gasteiger partial charge in [-0.25, -0.2) is 0 Å². The normalized spacial score (nSPS) is 8.52. The molecular weight excluding hydrogens is 862 g/mol. The maximum Gasteiger partial charge on any atom is 3.00 e. The average molecular weight is 908 g/mol. The zero-order valence-corrected chi connectivity index (χ0v) is 33.7. The third-order valence-electron chi connectivity index (χ3n) is 4.35. The quantitative estimate of drug-likeness (QED) is 0.109. The Hall–Kier alpha value is -0.733. The molecule has 0 saturated carbocycles. The number of aliphatic hydroxyl groups excluding tert-OH is 6. The summed E-state index contributed by atoms with van der Waals surface area (Å²) in [6.07, 6.45) is 0. The van der Waals surface area contributed by atoms with Crippen LogP contribution in [0.15, 0.2) is 45.3 Å². The van der Waals surface area contributed by atoms with Gasteiger partial charge in [-0.15, -0.1) is 11.5 Å². The number of isothiocyanates is 2. The van der Waals surface area contributed by atoms with Crippen LogP contribution in [-0.2, 0) is 46.1 Å². The first-order valence-corrected chi connectivity index (χ1v) is 14.6. The molecule has 0 unspecified atom stereocenters. The predicted molar refractivity (Wildman–Crippen MR) is 188 cm³/mol. The number of aliphatic hydroxyl groups is 6. The second-order valence-corrected chi connectivity index (χ2v) is 10.7. The van der Waals surface area contributed by atoms with E-state index >= 15 is 0 Å². The van der Waals surface area contributed by atoms with Crippen LogP contribution < -0.4 is 20.8 Å². The summed E-state index contributed by atoms with van der Waals surface area (Å²) in [6, 6.07) is 10.1. The number of nitrogens with one attached hydrogen (secondary N) is 2. The minimum Gasteiger partial charge on any atom is -0.872 e. The summed E-state index contributed by atoms with van der Waals surface area (Å²) >= 11 is 14.0. The summed E-state index contributed by atoms with van der Waals surface area (Å²) in [5, 5.41) is 92.2. The van der Waals surface area contributed by atoms with Gasteiger partial charge in [0.1, 0.15) is 0 Å². The van der Waals surface area contributed by atoms with E-state index in [1.54, 1.807) is 24.3 Å². The third-order valence-corrected chi connectivity index (χ3v) is 5.34. The number of rotatable bonds is 8. The summed E-state index contributed by atoms with van der Waals surface area (Å²) in [4.78, 5) is 0. The molecule has 0 amide bonds. The van der Waals surface area contributed by atoms with E-state index in [0.29, 0.717) is 24.2 Å². The largest absolute Gasteiger partial charge is 3.00 e. The van der Waals surface area contributed by atoms with Crippen molar-refractivity contribution in [3.63, 3.8) is 0 Å². The minimum atomic E-state index is -0.366. The van der Waals surface area contributed by atoms with Gasteiger partial charge in [-0.1, -0.05) is 68.4 Å². The van der Waals surface area contributed by atoms with E-state index in [4.69, 9.17) is 41.5 Å². The zero-order chi connectivity index (χ0) is 36.4. The third kappa shape index (κ3) is 41.3. The first-order chi connectivity index (χ1) is 20.7. The van der Waals surface area contributed by atoms with Gasteiger partial charge in [0.2, 0.25) is 0 Å². The number of hydrogen-bond donors (Lipinski definition) is 8. The van der Waals surface area contributed by atoms with Crippen molar-refractivity contribution in [1.82, 2.24) is 10.6 Å². The predicted octanol–water partition coefficient (Wildman–Crippen LogP) is 2.51. The van der Waals surface area contributed by atoms with E-state index in [1.165, 1.54) is 22.5 Å². The van der Waals surface area contributed by atoms with E-state index in [1.807, 2.05) is 27.7 Å². The molecular formula is C28H46Br2N4Ni2O8S2+2. The van der Waals surface area contributed by atoms with Gasteiger partial charge in [0.15, 0.2) is 0 Å². The minimum absolute atomic E-state index is 0. The van der Waals surface area contributed by atoms with Crippen LogP contribution in [0.25, 0.3) is 10.8 Å². The summed E-state index contributed by atoms with van der Waals surface area (Å²) in [5.74, 6) is 0.0267. The number of hydrogen-bond acceptors (Lipinski definition) is 12. The van der Waals surface area contributed by atoms with Crippen molar-refractivity contribution >= 4 is 66.6 Å². The molecule has 0 heterocycles. The average Bonchev–Trinajstić information content (AvgIpc) is 3.03. The van der Waals surface area contributed by atoms with E-state index in [9.17, 15) is 10.2 Å². The van der Waals surface area contributed by atoms with Crippen molar-refractivity contribution in [3.8, 4) is 11.5 Å². The van der Waals surface area contributed by atoms with Crippen molar-refractivity contribution in [1.29, 1.82) is 0 Å². The molecule has 12 nitrogen and oxygen atoms in total. The molecule has 0 atom stereocenters. The summed E-state index contributed by atoms with van der Waals surface area (Å²) < 4.78 is 1.78. The van der Waals surface area contributed by atoms with Crippen LogP contribution in [0.5, 0.6) is 11.5 Å². The van der Waals surface area contributed by atoms with Crippen molar-refractivity contribution in [2.45, 2.75) is 51.9 Å². The smallest absolute Gasteiger partial charge is 0.872 e. The van der Waals surface area contributed by atoms with Gasteiger partial charge >= 0.3 is 33.0 Å². The summed E-state index contributed by atoms with van der Waals surface area (Å²) in [7, 11) is 4.00. The molecule has 0 aliphatic carbocycles. The Morgan fingerprint density at radius 1 is 0.652 bits per heavy atom. The molecule has 2 aromatic carbocycles. The molecule has 0 bridgehead atoms. The van der Waals surface area contributed by atoms with E-state index < -0.39 is 0 Å². The number of benzene rings is 2. The van der Waals surface area contributed by atoms with Gasteiger partial charge in [-0.3, -0.25) is 0 Å². The zero-order valence-electron chi connectivity index (χ0n) is 26.9. The molecule has 2 rings (SSSR count). The topological polar surface area (TPSA) is 236 Å². The molecule has 0 saturated heterocycles. The molecule has 0 fully saturated rings. The Bertz CT molecular complexity index is 942. The molecule has 0 aliphatic rings.